The van der Waals surface area contributed by atoms with Crippen LogP contribution < -0.4 is 4.74 Å². The van der Waals surface area contributed by atoms with E-state index in [4.69, 9.17) is 4.74 Å². The molecule has 0 aromatic heterocycles. The normalized spacial score (nSPS) is 21.7. The first-order valence-corrected chi connectivity index (χ1v) is 7.93. The summed E-state index contributed by atoms with van der Waals surface area (Å²) in [5, 5.41) is 0. The van der Waals surface area contributed by atoms with Crippen molar-refractivity contribution >= 4 is 5.91 Å². The van der Waals surface area contributed by atoms with Gasteiger partial charge in [-0.1, -0.05) is 12.1 Å². The van der Waals surface area contributed by atoms with Crippen molar-refractivity contribution in [1.29, 1.82) is 0 Å². The molecule has 1 aromatic rings. The van der Waals surface area contributed by atoms with Crippen LogP contribution in [-0.4, -0.2) is 24.0 Å². The molecule has 0 saturated heterocycles. The summed E-state index contributed by atoms with van der Waals surface area (Å²) < 4.78 is 19.3. The van der Waals surface area contributed by atoms with Crippen LogP contribution in [0.4, 0.5) is 4.39 Å². The number of para-hydroxylation sites is 1. The Labute approximate surface area is 124 Å². The van der Waals surface area contributed by atoms with Crippen LogP contribution in [0.5, 0.6) is 5.75 Å². The number of hydrogen-bond acceptors (Lipinski definition) is 2. The molecule has 2 aliphatic carbocycles. The summed E-state index contributed by atoms with van der Waals surface area (Å²) in [7, 11) is 0. The number of halogens is 1. The molecule has 4 rings (SSSR count). The van der Waals surface area contributed by atoms with Crippen molar-refractivity contribution in [2.45, 2.75) is 32.2 Å². The van der Waals surface area contributed by atoms with E-state index in [1.54, 1.807) is 6.07 Å². The number of benzene rings is 1. The molecule has 112 valence electrons. The Morgan fingerprint density at radius 1 is 1.24 bits per heavy atom. The Kier molecular flexibility index (Phi) is 3.12. The molecule has 21 heavy (non-hydrogen) atoms. The monoisotopic (exact) mass is 289 g/mol. The molecule has 0 spiro atoms. The second kappa shape index (κ2) is 5.00. The van der Waals surface area contributed by atoms with Crippen molar-refractivity contribution in [3.8, 4) is 5.75 Å². The molecule has 3 nitrogen and oxygen atoms in total. The van der Waals surface area contributed by atoms with E-state index in [0.29, 0.717) is 37.3 Å². The minimum Gasteiger partial charge on any atom is -0.488 e. The maximum Gasteiger partial charge on any atom is 0.226 e. The van der Waals surface area contributed by atoms with Crippen LogP contribution in [-0.2, 0) is 11.3 Å². The first-order valence-electron chi connectivity index (χ1n) is 7.93. The van der Waals surface area contributed by atoms with Gasteiger partial charge in [-0.05, 0) is 43.6 Å². The van der Waals surface area contributed by atoms with Gasteiger partial charge in [0.2, 0.25) is 5.91 Å². The minimum atomic E-state index is -0.331. The molecule has 0 unspecified atom stereocenters. The maximum absolute atomic E-state index is 13.8. The fraction of sp³-hybridized carbons (Fsp3) is 0.588. The highest BCUT2D eigenvalue weighted by Gasteiger charge is 2.47. The summed E-state index contributed by atoms with van der Waals surface area (Å²) in [6, 6.07) is 4.95. The second-order valence-electron chi connectivity index (χ2n) is 6.54. The molecule has 4 heteroatoms. The zero-order chi connectivity index (χ0) is 14.4. The predicted octanol–water partition coefficient (Wildman–Crippen LogP) is 2.98. The van der Waals surface area contributed by atoms with Crippen molar-refractivity contribution in [1.82, 2.24) is 4.90 Å². The Balaban J connectivity index is 1.56. The van der Waals surface area contributed by atoms with Crippen molar-refractivity contribution in [3.63, 3.8) is 0 Å². The average molecular weight is 289 g/mol. The first kappa shape index (κ1) is 13.1. The zero-order valence-electron chi connectivity index (χ0n) is 12.1. The number of carbonyl (C=O) groups is 1. The van der Waals surface area contributed by atoms with Crippen LogP contribution in [0.15, 0.2) is 18.2 Å². The SMILES string of the molecule is O=C(C(C1CC1)C1CC1)N1CCOc2c(F)cccc2C1. The lowest BCUT2D eigenvalue weighted by Crippen LogP contribution is -2.38. The van der Waals surface area contributed by atoms with Crippen LogP contribution in [0, 0.1) is 23.6 Å². The Hall–Kier alpha value is -1.58. The molecule has 1 aliphatic heterocycles. The van der Waals surface area contributed by atoms with E-state index in [1.165, 1.54) is 31.7 Å². The summed E-state index contributed by atoms with van der Waals surface area (Å²) in [6.07, 6.45) is 4.79. The number of fused-ring (bicyclic) bond motifs is 1. The van der Waals surface area contributed by atoms with Crippen LogP contribution in [0.2, 0.25) is 0 Å². The third-order valence-corrected chi connectivity index (χ3v) is 4.87. The molecule has 0 atom stereocenters. The average Bonchev–Trinajstić information content (AvgIpc) is 3.34. The molecule has 2 saturated carbocycles. The van der Waals surface area contributed by atoms with Gasteiger partial charge in [0.05, 0.1) is 6.54 Å². The Morgan fingerprint density at radius 2 is 1.95 bits per heavy atom. The number of carbonyl (C=O) groups excluding carboxylic acids is 1. The van der Waals surface area contributed by atoms with Crippen LogP contribution in [0.25, 0.3) is 0 Å². The Bertz CT molecular complexity index is 554. The lowest BCUT2D eigenvalue weighted by atomic mass is 9.96. The third kappa shape index (κ3) is 2.52. The third-order valence-electron chi connectivity index (χ3n) is 4.87. The smallest absolute Gasteiger partial charge is 0.226 e. The standard InChI is InChI=1S/C17H20FNO2/c18-14-3-1-2-13-10-19(8-9-21-16(13)14)17(20)15(11-4-5-11)12-6-7-12/h1-3,11-12,15H,4-10H2. The first-order chi connectivity index (χ1) is 10.2. The van der Waals surface area contributed by atoms with E-state index >= 15 is 0 Å². The van der Waals surface area contributed by atoms with Gasteiger partial charge in [0.15, 0.2) is 11.6 Å². The van der Waals surface area contributed by atoms with Gasteiger partial charge in [-0.3, -0.25) is 4.79 Å². The van der Waals surface area contributed by atoms with E-state index < -0.39 is 0 Å². The van der Waals surface area contributed by atoms with Crippen LogP contribution in [0.3, 0.4) is 0 Å². The number of ether oxygens (including phenoxy) is 1. The predicted molar refractivity (Wildman–Crippen MR) is 76.3 cm³/mol. The second-order valence-corrected chi connectivity index (χ2v) is 6.54. The van der Waals surface area contributed by atoms with E-state index in [0.717, 1.165) is 5.56 Å². The molecule has 0 N–H and O–H groups in total. The van der Waals surface area contributed by atoms with Crippen molar-refractivity contribution < 1.29 is 13.9 Å². The van der Waals surface area contributed by atoms with Crippen molar-refractivity contribution in [3.05, 3.63) is 29.6 Å². The lowest BCUT2D eigenvalue weighted by Gasteiger charge is -2.25. The molecule has 1 aromatic carbocycles. The number of nitrogens with zero attached hydrogens (tertiary/aromatic N) is 1. The largest absolute Gasteiger partial charge is 0.488 e. The summed E-state index contributed by atoms with van der Waals surface area (Å²) in [5.74, 6) is 1.66. The van der Waals surface area contributed by atoms with Crippen LogP contribution >= 0.6 is 0 Å². The zero-order valence-corrected chi connectivity index (χ0v) is 12.1. The quantitative estimate of drug-likeness (QED) is 0.856. The number of amides is 1. The molecular weight excluding hydrogens is 269 g/mol. The van der Waals surface area contributed by atoms with Gasteiger partial charge < -0.3 is 9.64 Å². The summed E-state index contributed by atoms with van der Waals surface area (Å²) in [5.41, 5.74) is 0.784. The molecular formula is C17H20FNO2. The number of hydrogen-bond donors (Lipinski definition) is 0. The lowest BCUT2D eigenvalue weighted by molar-refractivity contribution is -0.137. The minimum absolute atomic E-state index is 0.208. The fourth-order valence-corrected chi connectivity index (χ4v) is 3.48. The summed E-state index contributed by atoms with van der Waals surface area (Å²) >= 11 is 0. The van der Waals surface area contributed by atoms with Gasteiger partial charge in [0.1, 0.15) is 6.61 Å². The molecule has 0 bridgehead atoms. The highest BCUT2D eigenvalue weighted by atomic mass is 19.1. The van der Waals surface area contributed by atoms with Crippen molar-refractivity contribution in [2.75, 3.05) is 13.2 Å². The van der Waals surface area contributed by atoms with Gasteiger partial charge in [-0.2, -0.15) is 0 Å². The van der Waals surface area contributed by atoms with Gasteiger partial charge in [0.25, 0.3) is 0 Å². The van der Waals surface area contributed by atoms with Gasteiger partial charge in [-0.25, -0.2) is 4.39 Å². The van der Waals surface area contributed by atoms with Crippen LogP contribution in [0.1, 0.15) is 31.2 Å². The van der Waals surface area contributed by atoms with Gasteiger partial charge in [-0.15, -0.1) is 0 Å². The summed E-state index contributed by atoms with van der Waals surface area (Å²) in [4.78, 5) is 14.8. The van der Waals surface area contributed by atoms with E-state index in [1.807, 2.05) is 11.0 Å². The molecule has 0 radical (unpaired) electrons. The Morgan fingerprint density at radius 3 is 2.62 bits per heavy atom. The summed E-state index contributed by atoms with van der Waals surface area (Å²) in [6.45, 7) is 1.41. The van der Waals surface area contributed by atoms with Gasteiger partial charge in [0, 0.05) is 18.0 Å². The van der Waals surface area contributed by atoms with E-state index in [9.17, 15) is 9.18 Å². The molecule has 1 amide bonds. The fourth-order valence-electron chi connectivity index (χ4n) is 3.48. The highest BCUT2D eigenvalue weighted by molar-refractivity contribution is 5.80. The molecule has 3 aliphatic rings. The van der Waals surface area contributed by atoms with Crippen molar-refractivity contribution in [2.24, 2.45) is 17.8 Å². The highest BCUT2D eigenvalue weighted by Crippen LogP contribution is 2.50. The number of rotatable bonds is 3. The maximum atomic E-state index is 13.8. The van der Waals surface area contributed by atoms with E-state index in [-0.39, 0.29) is 17.6 Å². The van der Waals surface area contributed by atoms with E-state index in [2.05, 4.69) is 0 Å². The van der Waals surface area contributed by atoms with Gasteiger partial charge >= 0.3 is 0 Å². The molecule has 2 fully saturated rings. The molecule has 1 heterocycles. The topological polar surface area (TPSA) is 29.5 Å².